The third-order valence-corrected chi connectivity index (χ3v) is 2.75. The number of amides is 1. The van der Waals surface area contributed by atoms with Gasteiger partial charge in [-0.1, -0.05) is 13.8 Å². The van der Waals surface area contributed by atoms with Gasteiger partial charge in [-0.05, 0) is 36.6 Å². The highest BCUT2D eigenvalue weighted by Crippen LogP contribution is 2.11. The number of hydrogen-bond acceptors (Lipinski definition) is 3. The van der Waals surface area contributed by atoms with Crippen LogP contribution in [0.25, 0.3) is 0 Å². The largest absolute Gasteiger partial charge is 0.493 e. The summed E-state index contributed by atoms with van der Waals surface area (Å²) in [6, 6.07) is 5.43. The molecule has 1 rings (SSSR count). The summed E-state index contributed by atoms with van der Waals surface area (Å²) < 4.78 is 18.0. The topological polar surface area (TPSA) is 58.6 Å². The van der Waals surface area contributed by atoms with Crippen molar-refractivity contribution in [2.75, 3.05) is 13.2 Å². The molecule has 1 amide bonds. The van der Waals surface area contributed by atoms with Crippen molar-refractivity contribution in [3.63, 3.8) is 0 Å². The summed E-state index contributed by atoms with van der Waals surface area (Å²) in [6.07, 6.45) is 0.938. The number of nitrogens with one attached hydrogen (secondary N) is 1. The van der Waals surface area contributed by atoms with Gasteiger partial charge in [0, 0.05) is 0 Å². The van der Waals surface area contributed by atoms with Gasteiger partial charge in [-0.2, -0.15) is 0 Å². The highest BCUT2D eigenvalue weighted by atomic mass is 19.1. The molecule has 0 aromatic heterocycles. The maximum Gasteiger partial charge on any atom is 0.223 e. The van der Waals surface area contributed by atoms with Crippen LogP contribution in [0, 0.1) is 11.7 Å². The Morgan fingerprint density at radius 1 is 1.35 bits per heavy atom. The summed E-state index contributed by atoms with van der Waals surface area (Å²) in [5.74, 6) is 0.449. The van der Waals surface area contributed by atoms with E-state index in [1.807, 2.05) is 13.8 Å². The minimum absolute atomic E-state index is 0.0667. The smallest absolute Gasteiger partial charge is 0.223 e. The van der Waals surface area contributed by atoms with E-state index >= 15 is 0 Å². The maximum absolute atomic E-state index is 12.7. The number of carbonyl (C=O) groups excluding carboxylic acids is 1. The van der Waals surface area contributed by atoms with E-state index in [0.29, 0.717) is 11.7 Å². The van der Waals surface area contributed by atoms with Gasteiger partial charge in [-0.3, -0.25) is 4.79 Å². The second kappa shape index (κ2) is 8.53. The molecule has 0 aliphatic carbocycles. The number of rotatable bonds is 8. The average molecular weight is 283 g/mol. The Morgan fingerprint density at radius 2 is 2.00 bits per heavy atom. The molecular weight excluding hydrogens is 261 g/mol. The van der Waals surface area contributed by atoms with Crippen molar-refractivity contribution in [2.45, 2.75) is 32.7 Å². The zero-order valence-electron chi connectivity index (χ0n) is 11.9. The number of aliphatic hydroxyl groups excluding tert-OH is 1. The van der Waals surface area contributed by atoms with Crippen molar-refractivity contribution in [1.29, 1.82) is 0 Å². The zero-order chi connectivity index (χ0) is 15.0. The molecule has 0 radical (unpaired) electrons. The number of hydrogen-bond donors (Lipinski definition) is 2. The van der Waals surface area contributed by atoms with E-state index in [1.54, 1.807) is 0 Å². The van der Waals surface area contributed by atoms with Gasteiger partial charge in [0.2, 0.25) is 5.91 Å². The van der Waals surface area contributed by atoms with Crippen LogP contribution in [0.3, 0.4) is 0 Å². The minimum Gasteiger partial charge on any atom is -0.493 e. The lowest BCUT2D eigenvalue weighted by Gasteiger charge is -2.18. The predicted octanol–water partition coefficient (Wildman–Crippen LogP) is 2.12. The van der Waals surface area contributed by atoms with Crippen LogP contribution in [0.1, 0.15) is 26.7 Å². The molecule has 0 heterocycles. The van der Waals surface area contributed by atoms with Crippen molar-refractivity contribution >= 4 is 5.91 Å². The summed E-state index contributed by atoms with van der Waals surface area (Å²) in [7, 11) is 0. The van der Waals surface area contributed by atoms with E-state index in [0.717, 1.165) is 6.42 Å². The Hall–Kier alpha value is -1.62. The Labute approximate surface area is 119 Å². The van der Waals surface area contributed by atoms with Crippen LogP contribution in [-0.4, -0.2) is 30.3 Å². The molecule has 0 bridgehead atoms. The summed E-state index contributed by atoms with van der Waals surface area (Å²) in [4.78, 5) is 11.7. The molecule has 0 fully saturated rings. The molecule has 2 N–H and O–H groups in total. The lowest BCUT2D eigenvalue weighted by molar-refractivity contribution is -0.122. The SMILES string of the molecule is CC(C)CC(CO)NC(=O)CCOc1ccc(F)cc1. The highest BCUT2D eigenvalue weighted by molar-refractivity contribution is 5.76. The molecule has 0 saturated carbocycles. The molecule has 1 aromatic rings. The van der Waals surface area contributed by atoms with Crippen LogP contribution in [0.15, 0.2) is 24.3 Å². The van der Waals surface area contributed by atoms with Crippen molar-refractivity contribution in [2.24, 2.45) is 5.92 Å². The van der Waals surface area contributed by atoms with Gasteiger partial charge in [-0.15, -0.1) is 0 Å². The first-order valence-electron chi connectivity index (χ1n) is 6.80. The van der Waals surface area contributed by atoms with Gasteiger partial charge >= 0.3 is 0 Å². The zero-order valence-corrected chi connectivity index (χ0v) is 11.9. The molecule has 112 valence electrons. The van der Waals surface area contributed by atoms with Crippen LogP contribution in [0.4, 0.5) is 4.39 Å². The summed E-state index contributed by atoms with van der Waals surface area (Å²) in [6.45, 7) is 4.22. The standard InChI is InChI=1S/C15H22FNO3/c1-11(2)9-13(10-18)17-15(19)7-8-20-14-5-3-12(16)4-6-14/h3-6,11,13,18H,7-10H2,1-2H3,(H,17,19). The first kappa shape index (κ1) is 16.4. The number of benzene rings is 1. The van der Waals surface area contributed by atoms with Crippen LogP contribution in [0.2, 0.25) is 0 Å². The first-order valence-corrected chi connectivity index (χ1v) is 6.80. The molecular formula is C15H22FNO3. The van der Waals surface area contributed by atoms with Gasteiger partial charge in [0.15, 0.2) is 0 Å². The molecule has 0 aliphatic rings. The second-order valence-corrected chi connectivity index (χ2v) is 5.13. The fraction of sp³-hybridized carbons (Fsp3) is 0.533. The highest BCUT2D eigenvalue weighted by Gasteiger charge is 2.12. The Bertz CT molecular complexity index is 406. The van der Waals surface area contributed by atoms with Crippen LogP contribution in [-0.2, 0) is 4.79 Å². The lowest BCUT2D eigenvalue weighted by Crippen LogP contribution is -2.38. The van der Waals surface area contributed by atoms with Gasteiger partial charge in [0.25, 0.3) is 0 Å². The van der Waals surface area contributed by atoms with Crippen molar-refractivity contribution in [3.05, 3.63) is 30.1 Å². The molecule has 5 heteroatoms. The van der Waals surface area contributed by atoms with Crippen molar-refractivity contribution in [3.8, 4) is 5.75 Å². The predicted molar refractivity (Wildman–Crippen MR) is 75.0 cm³/mol. The summed E-state index contributed by atoms with van der Waals surface area (Å²) in [5, 5.41) is 11.9. The molecule has 0 spiro atoms. The number of ether oxygens (including phenoxy) is 1. The second-order valence-electron chi connectivity index (χ2n) is 5.13. The van der Waals surface area contributed by atoms with E-state index in [-0.39, 0.29) is 37.4 Å². The number of halogens is 1. The monoisotopic (exact) mass is 283 g/mol. The van der Waals surface area contributed by atoms with Crippen LogP contribution in [0.5, 0.6) is 5.75 Å². The minimum atomic E-state index is -0.324. The summed E-state index contributed by atoms with van der Waals surface area (Å²) >= 11 is 0. The van der Waals surface area contributed by atoms with Gasteiger partial charge in [0.1, 0.15) is 11.6 Å². The molecule has 1 aromatic carbocycles. The lowest BCUT2D eigenvalue weighted by atomic mass is 10.0. The molecule has 20 heavy (non-hydrogen) atoms. The van der Waals surface area contributed by atoms with E-state index in [2.05, 4.69) is 5.32 Å². The Kier molecular flexibility index (Phi) is 7.01. The molecule has 1 unspecified atom stereocenters. The number of aliphatic hydroxyl groups is 1. The third kappa shape index (κ3) is 6.52. The average Bonchev–Trinajstić information content (AvgIpc) is 2.39. The number of carbonyl (C=O) groups is 1. The third-order valence-electron chi connectivity index (χ3n) is 2.75. The van der Waals surface area contributed by atoms with Crippen LogP contribution >= 0.6 is 0 Å². The molecule has 1 atom stereocenters. The first-order chi connectivity index (χ1) is 9.51. The van der Waals surface area contributed by atoms with E-state index < -0.39 is 0 Å². The maximum atomic E-state index is 12.7. The van der Waals surface area contributed by atoms with E-state index in [1.165, 1.54) is 24.3 Å². The van der Waals surface area contributed by atoms with Crippen molar-refractivity contribution in [1.82, 2.24) is 5.32 Å². The quantitative estimate of drug-likeness (QED) is 0.768. The summed E-state index contributed by atoms with van der Waals surface area (Å²) in [5.41, 5.74) is 0. The van der Waals surface area contributed by atoms with E-state index in [4.69, 9.17) is 4.74 Å². The fourth-order valence-corrected chi connectivity index (χ4v) is 1.84. The van der Waals surface area contributed by atoms with Gasteiger partial charge < -0.3 is 15.2 Å². The van der Waals surface area contributed by atoms with Gasteiger partial charge in [0.05, 0.1) is 25.7 Å². The Morgan fingerprint density at radius 3 is 2.55 bits per heavy atom. The van der Waals surface area contributed by atoms with Gasteiger partial charge in [-0.25, -0.2) is 4.39 Å². The normalized spacial score (nSPS) is 12.2. The fourth-order valence-electron chi connectivity index (χ4n) is 1.84. The molecule has 0 aliphatic heterocycles. The van der Waals surface area contributed by atoms with E-state index in [9.17, 15) is 14.3 Å². The molecule has 0 saturated heterocycles. The Balaban J connectivity index is 2.27. The van der Waals surface area contributed by atoms with Crippen molar-refractivity contribution < 1.29 is 19.0 Å². The van der Waals surface area contributed by atoms with Crippen LogP contribution < -0.4 is 10.1 Å². The molecule has 4 nitrogen and oxygen atoms in total.